The molecule has 0 amide bonds. The van der Waals surface area contributed by atoms with E-state index in [2.05, 4.69) is 12.1 Å². The monoisotopic (exact) mass is 650 g/mol. The first-order chi connectivity index (χ1) is 27.2. The number of thiophene rings is 1. The highest BCUT2D eigenvalue weighted by Gasteiger charge is 2.16. The normalized spacial score (nSPS) is 13.3. The number of fused-ring (bicyclic) bond motifs is 3. The number of rotatable bonds is 6. The molecule has 2 heterocycles. The van der Waals surface area contributed by atoms with Gasteiger partial charge in [0, 0.05) is 36.9 Å². The average Bonchev–Trinajstić information content (AvgIpc) is 3.67. The van der Waals surface area contributed by atoms with Gasteiger partial charge in [0.05, 0.1) is 9.60 Å². The zero-order valence-electron chi connectivity index (χ0n) is 33.0. The van der Waals surface area contributed by atoms with Crippen LogP contribution in [0.5, 0.6) is 0 Å². The van der Waals surface area contributed by atoms with Gasteiger partial charge in [0.2, 0.25) is 0 Å². The van der Waals surface area contributed by atoms with E-state index in [1.165, 1.54) is 0 Å². The summed E-state index contributed by atoms with van der Waals surface area (Å²) < 4.78 is 62.3. The van der Waals surface area contributed by atoms with Crippen molar-refractivity contribution in [3.63, 3.8) is 0 Å². The number of benzene rings is 7. The van der Waals surface area contributed by atoms with Crippen molar-refractivity contribution in [3.8, 4) is 67.5 Å². The molecule has 0 aliphatic heterocycles. The van der Waals surface area contributed by atoms with E-state index >= 15 is 0 Å². The summed E-state index contributed by atoms with van der Waals surface area (Å²) in [7, 11) is 0. The minimum absolute atomic E-state index is 0.0896. The van der Waals surface area contributed by atoms with Gasteiger partial charge in [-0.05, 0) is 69.7 Å². The van der Waals surface area contributed by atoms with Gasteiger partial charge in [-0.15, -0.1) is 11.3 Å². The van der Waals surface area contributed by atoms with Crippen LogP contribution in [-0.2, 0) is 0 Å². The van der Waals surface area contributed by atoms with Crippen molar-refractivity contribution in [2.75, 3.05) is 0 Å². The molecule has 7 aromatic carbocycles. The van der Waals surface area contributed by atoms with Gasteiger partial charge in [0.15, 0.2) is 17.5 Å². The van der Waals surface area contributed by atoms with E-state index in [9.17, 15) is 2.74 Å². The summed E-state index contributed by atoms with van der Waals surface area (Å²) in [5.41, 5.74) is 6.65. The molecule has 0 atom stereocenters. The summed E-state index contributed by atoms with van der Waals surface area (Å²) in [6.07, 6.45) is 0. The van der Waals surface area contributed by atoms with Crippen molar-refractivity contribution in [2.24, 2.45) is 0 Å². The van der Waals surface area contributed by atoms with Gasteiger partial charge in [-0.2, -0.15) is 0 Å². The Labute approximate surface area is 298 Å². The molecule has 230 valence electrons. The van der Waals surface area contributed by atoms with Crippen LogP contribution in [0.15, 0.2) is 176 Å². The van der Waals surface area contributed by atoms with Gasteiger partial charge in [-0.1, -0.05) is 139 Å². The van der Waals surface area contributed by atoms with Gasteiger partial charge in [0.1, 0.15) is 0 Å². The van der Waals surface area contributed by atoms with Crippen LogP contribution in [0.2, 0.25) is 0 Å². The van der Waals surface area contributed by atoms with Crippen LogP contribution < -0.4 is 0 Å². The van der Waals surface area contributed by atoms with Crippen LogP contribution in [0.25, 0.3) is 87.7 Å². The Bertz CT molecular complexity index is 2970. The molecule has 3 nitrogen and oxygen atoms in total. The molecule has 4 heteroatoms. The molecule has 49 heavy (non-hydrogen) atoms. The fourth-order valence-electron chi connectivity index (χ4n) is 5.94. The lowest BCUT2D eigenvalue weighted by molar-refractivity contribution is 1.07. The summed E-state index contributed by atoms with van der Waals surface area (Å²) in [5, 5.41) is 0.413. The predicted molar refractivity (Wildman–Crippen MR) is 205 cm³/mol. The van der Waals surface area contributed by atoms with Crippen LogP contribution in [0.3, 0.4) is 0 Å². The summed E-state index contributed by atoms with van der Waals surface area (Å²) >= 11 is 1.02. The molecule has 9 aromatic rings. The molecule has 0 aliphatic carbocycles. The van der Waals surface area contributed by atoms with Crippen LogP contribution in [-0.4, -0.2) is 15.0 Å². The van der Waals surface area contributed by atoms with E-state index in [-0.39, 0.29) is 62.0 Å². The van der Waals surface area contributed by atoms with Gasteiger partial charge < -0.3 is 0 Å². The minimum atomic E-state index is -0.410. The van der Waals surface area contributed by atoms with Crippen molar-refractivity contribution < 1.29 is 9.60 Å². The lowest BCUT2D eigenvalue weighted by Crippen LogP contribution is -2.00. The standard InChI is InChI=1S/C45H29N3S/c1-4-12-30(13-5-1)32-20-22-34(23-21-32)44-46-43(33-16-8-3-9-17-33)47-45(48-44)38-27-36(31-14-6-2-7-15-31)26-37(28-38)35-24-25-42-40(29-35)39-18-10-11-19-41(39)49-42/h1-29H/i10D,11D,18D,19D,24D,25D,29D. The molecule has 0 saturated carbocycles. The number of aromatic nitrogens is 3. The second kappa shape index (κ2) is 12.4. The number of hydrogen-bond donors (Lipinski definition) is 0. The molecule has 0 radical (unpaired) electrons. The van der Waals surface area contributed by atoms with Gasteiger partial charge in [-0.25, -0.2) is 15.0 Å². The molecule has 0 spiro atoms. The van der Waals surface area contributed by atoms with E-state index < -0.39 is 6.04 Å². The number of hydrogen-bond acceptors (Lipinski definition) is 4. The highest BCUT2D eigenvalue weighted by molar-refractivity contribution is 7.25. The topological polar surface area (TPSA) is 38.7 Å². The number of nitrogens with zero attached hydrogens (tertiary/aromatic N) is 3. The third-order valence-electron chi connectivity index (χ3n) is 8.39. The molecule has 0 bridgehead atoms. The second-order valence-electron chi connectivity index (χ2n) is 11.5. The maximum Gasteiger partial charge on any atom is 0.164 e. The van der Waals surface area contributed by atoms with Crippen molar-refractivity contribution in [1.29, 1.82) is 0 Å². The van der Waals surface area contributed by atoms with Crippen LogP contribution in [0.4, 0.5) is 0 Å². The molecular formula is C45H29N3S. The Balaban J connectivity index is 1.29. The first-order valence-electron chi connectivity index (χ1n) is 19.3. The summed E-state index contributed by atoms with van der Waals surface area (Å²) in [4.78, 5) is 14.9. The molecule has 0 N–H and O–H groups in total. The summed E-state index contributed by atoms with van der Waals surface area (Å²) in [6, 6.07) is 41.5. The maximum atomic E-state index is 9.54. The van der Waals surface area contributed by atoms with E-state index in [1.807, 2.05) is 121 Å². The highest BCUT2D eigenvalue weighted by Crippen LogP contribution is 2.38. The molecule has 2 aromatic heterocycles. The van der Waals surface area contributed by atoms with Crippen molar-refractivity contribution >= 4 is 31.5 Å². The van der Waals surface area contributed by atoms with Crippen molar-refractivity contribution in [3.05, 3.63) is 176 Å². The average molecular weight is 651 g/mol. The zero-order chi connectivity index (χ0) is 38.7. The third-order valence-corrected chi connectivity index (χ3v) is 9.41. The molecule has 0 fully saturated rings. The van der Waals surface area contributed by atoms with Crippen LogP contribution in [0.1, 0.15) is 9.60 Å². The maximum absolute atomic E-state index is 9.54. The lowest BCUT2D eigenvalue weighted by Gasteiger charge is -2.13. The first kappa shape index (κ1) is 22.4. The Morgan fingerprint density at radius 1 is 0.367 bits per heavy atom. The molecule has 0 aliphatic rings. The lowest BCUT2D eigenvalue weighted by atomic mass is 9.95. The van der Waals surface area contributed by atoms with E-state index in [0.29, 0.717) is 28.6 Å². The Hall–Kier alpha value is -6.23. The third kappa shape index (κ3) is 5.69. The van der Waals surface area contributed by atoms with Crippen molar-refractivity contribution in [2.45, 2.75) is 0 Å². The largest absolute Gasteiger partial charge is 0.208 e. The van der Waals surface area contributed by atoms with E-state index in [4.69, 9.17) is 21.8 Å². The molecule has 9 rings (SSSR count). The van der Waals surface area contributed by atoms with Gasteiger partial charge in [0.25, 0.3) is 0 Å². The van der Waals surface area contributed by atoms with Gasteiger partial charge in [-0.3, -0.25) is 0 Å². The fraction of sp³-hybridized carbons (Fsp3) is 0. The second-order valence-corrected chi connectivity index (χ2v) is 12.6. The summed E-state index contributed by atoms with van der Waals surface area (Å²) in [6.45, 7) is 0. The minimum Gasteiger partial charge on any atom is -0.208 e. The fourth-order valence-corrected chi connectivity index (χ4v) is 6.86. The predicted octanol–water partition coefficient (Wildman–Crippen LogP) is 12.2. The highest BCUT2D eigenvalue weighted by atomic mass is 32.1. The van der Waals surface area contributed by atoms with Crippen LogP contribution >= 0.6 is 11.3 Å². The Morgan fingerprint density at radius 3 is 1.47 bits per heavy atom. The van der Waals surface area contributed by atoms with Crippen LogP contribution in [0, 0.1) is 0 Å². The van der Waals surface area contributed by atoms with Gasteiger partial charge >= 0.3 is 0 Å². The zero-order valence-corrected chi connectivity index (χ0v) is 26.8. The molecular weight excluding hydrogens is 615 g/mol. The quantitative estimate of drug-likeness (QED) is 0.180. The smallest absolute Gasteiger partial charge is 0.164 e. The SMILES string of the molecule is [2H]c1c([2H])c([2H])c2c(sc3c([2H])c([2H])c(-c4cc(-c5ccccc5)cc(-c5nc(-c6ccccc6)nc(-c6ccc(-c7ccccc7)cc6)n5)c4)c([2H])c32)c1[2H]. The van der Waals surface area contributed by atoms with E-state index in [0.717, 1.165) is 44.7 Å². The molecule has 0 unspecified atom stereocenters. The first-order valence-corrected chi connectivity index (χ1v) is 16.6. The van der Waals surface area contributed by atoms with Crippen molar-refractivity contribution in [1.82, 2.24) is 15.0 Å². The Morgan fingerprint density at radius 2 is 0.816 bits per heavy atom. The summed E-state index contributed by atoms with van der Waals surface area (Å²) in [5.74, 6) is 1.32. The molecule has 0 saturated heterocycles. The Kier molecular flexibility index (Phi) is 5.67. The van der Waals surface area contributed by atoms with E-state index in [1.54, 1.807) is 0 Å².